The Bertz CT molecular complexity index is 972. The zero-order valence-corrected chi connectivity index (χ0v) is 15.6. The van der Waals surface area contributed by atoms with Crippen molar-refractivity contribution in [3.63, 3.8) is 0 Å². The van der Waals surface area contributed by atoms with Gasteiger partial charge >= 0.3 is 5.97 Å². The molecule has 0 radical (unpaired) electrons. The Hall–Kier alpha value is -2.86. The van der Waals surface area contributed by atoms with Crippen LogP contribution in [0.15, 0.2) is 42.5 Å². The number of thiophene rings is 1. The van der Waals surface area contributed by atoms with Crippen molar-refractivity contribution in [1.82, 2.24) is 0 Å². The number of carbonyl (C=O) groups is 2. The molecule has 1 N–H and O–H groups in total. The molecule has 0 aliphatic rings. The third-order valence-electron chi connectivity index (χ3n) is 4.14. The molecule has 134 valence electrons. The van der Waals surface area contributed by atoms with Gasteiger partial charge in [-0.15, -0.1) is 11.3 Å². The number of anilines is 1. The van der Waals surface area contributed by atoms with Crippen LogP contribution in [-0.2, 0) is 9.53 Å². The molecule has 1 amide bonds. The number of carbonyl (C=O) groups excluding carboxylic acids is 2. The molecule has 0 saturated heterocycles. The molecule has 6 heteroatoms. The van der Waals surface area contributed by atoms with Gasteiger partial charge in [0, 0.05) is 10.3 Å². The summed E-state index contributed by atoms with van der Waals surface area (Å²) in [4.78, 5) is 25.3. The lowest BCUT2D eigenvalue weighted by atomic mass is 10.1. The van der Waals surface area contributed by atoms with Crippen molar-refractivity contribution >= 4 is 39.0 Å². The van der Waals surface area contributed by atoms with Gasteiger partial charge in [0.25, 0.3) is 5.91 Å². The Morgan fingerprint density at radius 3 is 2.58 bits per heavy atom. The van der Waals surface area contributed by atoms with E-state index in [1.165, 1.54) is 18.4 Å². The van der Waals surface area contributed by atoms with Crippen LogP contribution in [0.1, 0.15) is 20.8 Å². The van der Waals surface area contributed by atoms with Crippen molar-refractivity contribution in [3.05, 3.63) is 58.5 Å². The van der Waals surface area contributed by atoms with E-state index in [9.17, 15) is 9.59 Å². The van der Waals surface area contributed by atoms with Crippen LogP contribution in [0.3, 0.4) is 0 Å². The maximum absolute atomic E-state index is 12.3. The van der Waals surface area contributed by atoms with E-state index in [4.69, 9.17) is 9.47 Å². The maximum atomic E-state index is 12.3. The summed E-state index contributed by atoms with van der Waals surface area (Å²) in [6.45, 7) is 3.58. The SMILES string of the molecule is COC(=O)c1c(NC(=O)COc2cccc3ccccc23)sc(C)c1C. The summed E-state index contributed by atoms with van der Waals surface area (Å²) < 4.78 is 10.5. The van der Waals surface area contributed by atoms with E-state index in [2.05, 4.69) is 5.32 Å². The van der Waals surface area contributed by atoms with Crippen molar-refractivity contribution in [2.45, 2.75) is 13.8 Å². The zero-order chi connectivity index (χ0) is 18.7. The first kappa shape index (κ1) is 17.9. The van der Waals surface area contributed by atoms with Crippen molar-refractivity contribution in [2.75, 3.05) is 19.0 Å². The Balaban J connectivity index is 1.74. The number of nitrogens with one attached hydrogen (secondary N) is 1. The van der Waals surface area contributed by atoms with E-state index in [-0.39, 0.29) is 12.5 Å². The molecular formula is C20H19NO4S. The van der Waals surface area contributed by atoms with E-state index in [1.807, 2.05) is 56.3 Å². The van der Waals surface area contributed by atoms with E-state index in [0.717, 1.165) is 21.2 Å². The van der Waals surface area contributed by atoms with Crippen LogP contribution in [0, 0.1) is 13.8 Å². The molecule has 0 fully saturated rings. The van der Waals surface area contributed by atoms with Crippen molar-refractivity contribution < 1.29 is 19.1 Å². The third-order valence-corrected chi connectivity index (χ3v) is 5.26. The summed E-state index contributed by atoms with van der Waals surface area (Å²) in [6.07, 6.45) is 0. The lowest BCUT2D eigenvalue weighted by Gasteiger charge is -2.10. The van der Waals surface area contributed by atoms with Gasteiger partial charge in [-0.05, 0) is 30.9 Å². The molecule has 0 atom stereocenters. The first-order valence-corrected chi connectivity index (χ1v) is 8.91. The topological polar surface area (TPSA) is 64.6 Å². The largest absolute Gasteiger partial charge is 0.483 e. The lowest BCUT2D eigenvalue weighted by Crippen LogP contribution is -2.21. The number of ether oxygens (including phenoxy) is 2. The predicted molar refractivity (Wildman–Crippen MR) is 103 cm³/mol. The molecule has 0 bridgehead atoms. The molecule has 0 unspecified atom stereocenters. The summed E-state index contributed by atoms with van der Waals surface area (Å²) in [5, 5.41) is 5.23. The lowest BCUT2D eigenvalue weighted by molar-refractivity contribution is -0.118. The number of amides is 1. The van der Waals surface area contributed by atoms with Gasteiger partial charge in [0.15, 0.2) is 6.61 Å². The van der Waals surface area contributed by atoms with Crippen LogP contribution in [0.2, 0.25) is 0 Å². The Morgan fingerprint density at radius 2 is 1.81 bits per heavy atom. The standard InChI is InChI=1S/C20H19NO4S/c1-12-13(2)26-19(18(12)20(23)24-3)21-17(22)11-25-16-10-6-8-14-7-4-5-9-15(14)16/h4-10H,11H2,1-3H3,(H,21,22). The second-order valence-electron chi connectivity index (χ2n) is 5.79. The monoisotopic (exact) mass is 369 g/mol. The molecule has 0 spiro atoms. The van der Waals surface area contributed by atoms with Gasteiger partial charge in [-0.25, -0.2) is 4.79 Å². The van der Waals surface area contributed by atoms with Gasteiger partial charge in [0.1, 0.15) is 10.8 Å². The number of hydrogen-bond acceptors (Lipinski definition) is 5. The number of methoxy groups -OCH3 is 1. The molecule has 3 rings (SSSR count). The fourth-order valence-electron chi connectivity index (χ4n) is 2.69. The molecule has 0 aliphatic carbocycles. The predicted octanol–water partition coefficient (Wildman–Crippen LogP) is 4.32. The van der Waals surface area contributed by atoms with Crippen LogP contribution in [0.5, 0.6) is 5.75 Å². The van der Waals surface area contributed by atoms with Crippen molar-refractivity contribution in [2.24, 2.45) is 0 Å². The molecular weight excluding hydrogens is 350 g/mol. The Morgan fingerprint density at radius 1 is 1.08 bits per heavy atom. The smallest absolute Gasteiger partial charge is 0.341 e. The Labute approximate surface area is 155 Å². The van der Waals surface area contributed by atoms with Crippen molar-refractivity contribution in [3.8, 4) is 5.75 Å². The maximum Gasteiger partial charge on any atom is 0.341 e. The molecule has 1 heterocycles. The van der Waals surface area contributed by atoms with E-state index < -0.39 is 5.97 Å². The second-order valence-corrected chi connectivity index (χ2v) is 7.02. The minimum Gasteiger partial charge on any atom is -0.483 e. The van der Waals surface area contributed by atoms with E-state index in [0.29, 0.717) is 16.3 Å². The Kier molecular flexibility index (Phi) is 5.23. The summed E-state index contributed by atoms with van der Waals surface area (Å²) in [5.41, 5.74) is 1.21. The van der Waals surface area contributed by atoms with Crippen LogP contribution in [0.25, 0.3) is 10.8 Å². The zero-order valence-electron chi connectivity index (χ0n) is 14.8. The highest BCUT2D eigenvalue weighted by molar-refractivity contribution is 7.16. The summed E-state index contributed by atoms with van der Waals surface area (Å²) >= 11 is 1.35. The van der Waals surface area contributed by atoms with Crippen LogP contribution in [0.4, 0.5) is 5.00 Å². The highest BCUT2D eigenvalue weighted by Gasteiger charge is 2.21. The van der Waals surface area contributed by atoms with Gasteiger partial charge in [0.2, 0.25) is 0 Å². The normalized spacial score (nSPS) is 10.6. The quantitative estimate of drug-likeness (QED) is 0.680. The third kappa shape index (κ3) is 3.55. The number of fused-ring (bicyclic) bond motifs is 1. The van der Waals surface area contributed by atoms with E-state index in [1.54, 1.807) is 0 Å². The highest BCUT2D eigenvalue weighted by Crippen LogP contribution is 2.33. The van der Waals surface area contributed by atoms with Crippen LogP contribution >= 0.6 is 11.3 Å². The molecule has 2 aromatic carbocycles. The van der Waals surface area contributed by atoms with Gasteiger partial charge in [0.05, 0.1) is 12.7 Å². The van der Waals surface area contributed by atoms with Gasteiger partial charge in [-0.1, -0.05) is 36.4 Å². The molecule has 0 saturated carbocycles. The van der Waals surface area contributed by atoms with E-state index >= 15 is 0 Å². The fraction of sp³-hybridized carbons (Fsp3) is 0.200. The minimum atomic E-state index is -0.461. The molecule has 1 aromatic heterocycles. The van der Waals surface area contributed by atoms with Crippen molar-refractivity contribution in [1.29, 1.82) is 0 Å². The number of rotatable bonds is 5. The van der Waals surface area contributed by atoms with Crippen LogP contribution in [-0.4, -0.2) is 25.6 Å². The molecule has 0 aliphatic heterocycles. The fourth-order valence-corrected chi connectivity index (χ4v) is 3.76. The van der Waals surface area contributed by atoms with Gasteiger partial charge in [-0.2, -0.15) is 0 Å². The average molecular weight is 369 g/mol. The first-order chi connectivity index (χ1) is 12.5. The average Bonchev–Trinajstić information content (AvgIpc) is 2.92. The number of esters is 1. The molecule has 5 nitrogen and oxygen atoms in total. The second kappa shape index (κ2) is 7.58. The number of hydrogen-bond donors (Lipinski definition) is 1. The summed E-state index contributed by atoms with van der Waals surface area (Å²) in [5.74, 6) is -0.147. The summed E-state index contributed by atoms with van der Waals surface area (Å²) in [7, 11) is 1.32. The van der Waals surface area contributed by atoms with Gasteiger partial charge in [-0.3, -0.25) is 4.79 Å². The molecule has 26 heavy (non-hydrogen) atoms. The highest BCUT2D eigenvalue weighted by atomic mass is 32.1. The number of aryl methyl sites for hydroxylation is 1. The molecule has 3 aromatic rings. The van der Waals surface area contributed by atoms with Crippen LogP contribution < -0.4 is 10.1 Å². The first-order valence-electron chi connectivity index (χ1n) is 8.10. The van der Waals surface area contributed by atoms with Gasteiger partial charge < -0.3 is 14.8 Å². The number of benzene rings is 2. The minimum absolute atomic E-state index is 0.148. The summed E-state index contributed by atoms with van der Waals surface area (Å²) in [6, 6.07) is 13.5.